The maximum atomic E-state index is 13.2. The van der Waals surface area contributed by atoms with Crippen LogP contribution in [0.3, 0.4) is 0 Å². The molecule has 9 heteroatoms. The summed E-state index contributed by atoms with van der Waals surface area (Å²) in [6.07, 6.45) is -0.521. The van der Waals surface area contributed by atoms with Crippen molar-refractivity contribution in [3.63, 3.8) is 0 Å². The number of methoxy groups -OCH3 is 3. The van der Waals surface area contributed by atoms with E-state index in [1.165, 1.54) is 12.1 Å². The number of ether oxygens (including phenoxy) is 3. The van der Waals surface area contributed by atoms with Crippen LogP contribution >= 0.6 is 0 Å². The molecule has 1 aromatic rings. The van der Waals surface area contributed by atoms with Gasteiger partial charge in [0.15, 0.2) is 0 Å². The number of benzene rings is 1. The first-order chi connectivity index (χ1) is 11.8. The van der Waals surface area contributed by atoms with E-state index >= 15 is 0 Å². The van der Waals surface area contributed by atoms with Gasteiger partial charge in [0.1, 0.15) is 11.9 Å². The SMILES string of the molecule is COC(=O)C[C@@H](C(=O)OC)[C@H](NC(=O)c1cccc(F)c1)C(=O)OC. The standard InChI is InChI=1S/C16H18FNO7/c1-23-12(19)8-11(15(21)24-2)13(16(22)25-3)18-14(20)9-5-4-6-10(17)7-9/h4-7,11,13H,8H2,1-3H3,(H,18,20)/t11-,13+/m1/s1. The zero-order valence-corrected chi connectivity index (χ0v) is 13.9. The molecule has 0 aromatic heterocycles. The van der Waals surface area contributed by atoms with E-state index in [0.29, 0.717) is 0 Å². The van der Waals surface area contributed by atoms with Crippen LogP contribution in [0.5, 0.6) is 0 Å². The maximum absolute atomic E-state index is 13.2. The first-order valence-corrected chi connectivity index (χ1v) is 7.13. The number of esters is 3. The molecule has 0 aliphatic rings. The van der Waals surface area contributed by atoms with Crippen molar-refractivity contribution < 1.29 is 37.8 Å². The van der Waals surface area contributed by atoms with Crippen molar-refractivity contribution in [3.8, 4) is 0 Å². The highest BCUT2D eigenvalue weighted by molar-refractivity contribution is 5.98. The summed E-state index contributed by atoms with van der Waals surface area (Å²) in [4.78, 5) is 47.7. The molecule has 0 saturated carbocycles. The summed E-state index contributed by atoms with van der Waals surface area (Å²) < 4.78 is 26.9. The fourth-order valence-corrected chi connectivity index (χ4v) is 2.06. The van der Waals surface area contributed by atoms with E-state index in [1.54, 1.807) is 0 Å². The van der Waals surface area contributed by atoms with Gasteiger partial charge in [0.25, 0.3) is 5.91 Å². The highest BCUT2D eigenvalue weighted by Crippen LogP contribution is 2.15. The highest BCUT2D eigenvalue weighted by atomic mass is 19.1. The van der Waals surface area contributed by atoms with Crippen molar-refractivity contribution in [2.45, 2.75) is 12.5 Å². The molecule has 0 saturated heterocycles. The van der Waals surface area contributed by atoms with Crippen molar-refractivity contribution >= 4 is 23.8 Å². The molecule has 0 radical (unpaired) electrons. The molecule has 0 aliphatic carbocycles. The molecule has 0 fully saturated rings. The highest BCUT2D eigenvalue weighted by Gasteiger charge is 2.38. The Balaban J connectivity index is 3.11. The Bertz CT molecular complexity index is 662. The lowest BCUT2D eigenvalue weighted by atomic mass is 9.95. The predicted octanol–water partition coefficient (Wildman–Crippen LogP) is 0.449. The molecule has 1 rings (SSSR count). The Kier molecular flexibility index (Phi) is 7.51. The fraction of sp³-hybridized carbons (Fsp3) is 0.375. The average molecular weight is 355 g/mol. The first kappa shape index (κ1) is 20.1. The van der Waals surface area contributed by atoms with Gasteiger partial charge in [-0.05, 0) is 18.2 Å². The van der Waals surface area contributed by atoms with Gasteiger partial charge in [-0.3, -0.25) is 14.4 Å². The van der Waals surface area contributed by atoms with Crippen LogP contribution in [0, 0.1) is 11.7 Å². The van der Waals surface area contributed by atoms with Crippen LogP contribution in [0.4, 0.5) is 4.39 Å². The Morgan fingerprint density at radius 2 is 1.68 bits per heavy atom. The van der Waals surface area contributed by atoms with Gasteiger partial charge in [-0.15, -0.1) is 0 Å². The van der Waals surface area contributed by atoms with Gasteiger partial charge in [-0.25, -0.2) is 9.18 Å². The monoisotopic (exact) mass is 355 g/mol. The summed E-state index contributed by atoms with van der Waals surface area (Å²) in [5.41, 5.74) is -0.0735. The average Bonchev–Trinajstić information content (AvgIpc) is 2.62. The van der Waals surface area contributed by atoms with Crippen LogP contribution in [-0.2, 0) is 28.6 Å². The van der Waals surface area contributed by atoms with Crippen molar-refractivity contribution in [3.05, 3.63) is 35.6 Å². The lowest BCUT2D eigenvalue weighted by Gasteiger charge is -2.23. The van der Waals surface area contributed by atoms with Crippen LogP contribution in [-0.4, -0.2) is 51.2 Å². The summed E-state index contributed by atoms with van der Waals surface area (Å²) in [5.74, 6) is -5.52. The van der Waals surface area contributed by atoms with Crippen LogP contribution in [0.15, 0.2) is 24.3 Å². The molecule has 1 N–H and O–H groups in total. The minimum absolute atomic E-state index is 0.0735. The van der Waals surface area contributed by atoms with Crippen molar-refractivity contribution in [2.24, 2.45) is 5.92 Å². The van der Waals surface area contributed by atoms with E-state index < -0.39 is 48.0 Å². The van der Waals surface area contributed by atoms with Crippen molar-refractivity contribution in [2.75, 3.05) is 21.3 Å². The number of halogens is 1. The molecule has 136 valence electrons. The molecular weight excluding hydrogens is 337 g/mol. The number of amides is 1. The Labute approximate surface area is 143 Å². The molecule has 1 amide bonds. The van der Waals surface area contributed by atoms with Crippen LogP contribution in [0.25, 0.3) is 0 Å². The number of hydrogen-bond acceptors (Lipinski definition) is 7. The molecule has 0 bridgehead atoms. The molecule has 0 spiro atoms. The Morgan fingerprint density at radius 3 is 2.20 bits per heavy atom. The minimum Gasteiger partial charge on any atom is -0.469 e. The molecule has 25 heavy (non-hydrogen) atoms. The van der Waals surface area contributed by atoms with Gasteiger partial charge in [-0.2, -0.15) is 0 Å². The molecule has 8 nitrogen and oxygen atoms in total. The third-order valence-electron chi connectivity index (χ3n) is 3.35. The van der Waals surface area contributed by atoms with E-state index in [1.807, 2.05) is 0 Å². The zero-order chi connectivity index (χ0) is 19.0. The molecule has 0 aliphatic heterocycles. The Hall–Kier alpha value is -2.97. The van der Waals surface area contributed by atoms with Gasteiger partial charge >= 0.3 is 17.9 Å². The van der Waals surface area contributed by atoms with E-state index in [2.05, 4.69) is 19.5 Å². The summed E-state index contributed by atoms with van der Waals surface area (Å²) in [6, 6.07) is 3.21. The number of carbonyl (C=O) groups excluding carboxylic acids is 4. The Morgan fingerprint density at radius 1 is 1.04 bits per heavy atom. The van der Waals surface area contributed by atoms with E-state index in [4.69, 9.17) is 0 Å². The van der Waals surface area contributed by atoms with Crippen LogP contribution in [0.2, 0.25) is 0 Å². The zero-order valence-electron chi connectivity index (χ0n) is 13.9. The van der Waals surface area contributed by atoms with Crippen LogP contribution in [0.1, 0.15) is 16.8 Å². The largest absolute Gasteiger partial charge is 0.469 e. The fourth-order valence-electron chi connectivity index (χ4n) is 2.06. The van der Waals surface area contributed by atoms with Crippen molar-refractivity contribution in [1.29, 1.82) is 0 Å². The van der Waals surface area contributed by atoms with E-state index in [-0.39, 0.29) is 5.56 Å². The minimum atomic E-state index is -1.52. The van der Waals surface area contributed by atoms with E-state index in [0.717, 1.165) is 33.5 Å². The molecule has 1 aromatic carbocycles. The smallest absolute Gasteiger partial charge is 0.329 e. The van der Waals surface area contributed by atoms with Gasteiger partial charge in [-0.1, -0.05) is 6.07 Å². The summed E-state index contributed by atoms with van der Waals surface area (Å²) in [7, 11) is 3.22. The van der Waals surface area contributed by atoms with Gasteiger partial charge in [0.2, 0.25) is 0 Å². The summed E-state index contributed by atoms with van der Waals surface area (Å²) in [6.45, 7) is 0. The third-order valence-corrected chi connectivity index (χ3v) is 3.35. The lowest BCUT2D eigenvalue weighted by Crippen LogP contribution is -2.50. The predicted molar refractivity (Wildman–Crippen MR) is 81.8 cm³/mol. The molecule has 0 unspecified atom stereocenters. The summed E-state index contributed by atoms with van der Waals surface area (Å²) >= 11 is 0. The summed E-state index contributed by atoms with van der Waals surface area (Å²) in [5, 5.41) is 2.27. The number of nitrogens with one attached hydrogen (secondary N) is 1. The second-order valence-corrected chi connectivity index (χ2v) is 4.89. The lowest BCUT2D eigenvalue weighted by molar-refractivity contribution is -0.158. The van der Waals surface area contributed by atoms with Gasteiger partial charge in [0.05, 0.1) is 33.7 Å². The second-order valence-electron chi connectivity index (χ2n) is 4.89. The number of rotatable bonds is 7. The topological polar surface area (TPSA) is 108 Å². The van der Waals surface area contributed by atoms with Crippen molar-refractivity contribution in [1.82, 2.24) is 5.32 Å². The number of carbonyl (C=O) groups is 4. The maximum Gasteiger partial charge on any atom is 0.329 e. The first-order valence-electron chi connectivity index (χ1n) is 7.13. The molecule has 0 heterocycles. The van der Waals surface area contributed by atoms with Gasteiger partial charge in [0, 0.05) is 5.56 Å². The van der Waals surface area contributed by atoms with E-state index in [9.17, 15) is 23.6 Å². The van der Waals surface area contributed by atoms with Gasteiger partial charge < -0.3 is 19.5 Å². The normalized spacial score (nSPS) is 12.5. The number of hydrogen-bond donors (Lipinski definition) is 1. The third kappa shape index (κ3) is 5.55. The quantitative estimate of drug-likeness (QED) is 0.559. The molecular formula is C16H18FNO7. The second kappa shape index (κ2) is 9.36. The molecule has 2 atom stereocenters. The van der Waals surface area contributed by atoms with Crippen LogP contribution < -0.4 is 5.32 Å².